The molecule has 0 saturated heterocycles. The van der Waals surface area contributed by atoms with Gasteiger partial charge in [-0.2, -0.15) is 5.26 Å². The molecular weight excluding hydrogens is 368 g/mol. The Morgan fingerprint density at radius 1 is 1.24 bits per heavy atom. The molecule has 0 radical (unpaired) electrons. The molecule has 152 valence electrons. The highest BCUT2D eigenvalue weighted by molar-refractivity contribution is 6.03. The maximum atomic E-state index is 12.3. The van der Waals surface area contributed by atoms with Crippen molar-refractivity contribution >= 4 is 17.9 Å². The molecule has 2 rings (SSSR count). The zero-order valence-electron chi connectivity index (χ0n) is 17.4. The van der Waals surface area contributed by atoms with Crippen LogP contribution in [0.3, 0.4) is 0 Å². The van der Waals surface area contributed by atoms with Gasteiger partial charge in [-0.15, -0.1) is 0 Å². The zero-order valence-corrected chi connectivity index (χ0v) is 17.4. The first-order valence-corrected chi connectivity index (χ1v) is 9.29. The lowest BCUT2D eigenvalue weighted by molar-refractivity contribution is -0.124. The first-order valence-electron chi connectivity index (χ1n) is 9.29. The van der Waals surface area contributed by atoms with Crippen LogP contribution in [-0.4, -0.2) is 36.1 Å². The number of methoxy groups -OCH3 is 1. The molecule has 0 aliphatic carbocycles. The van der Waals surface area contributed by atoms with Crippen molar-refractivity contribution in [3.05, 3.63) is 52.9 Å². The summed E-state index contributed by atoms with van der Waals surface area (Å²) in [7, 11) is 1.62. The fourth-order valence-corrected chi connectivity index (χ4v) is 3.00. The Balaban J connectivity index is 2.24. The molecule has 1 heterocycles. The number of ether oxygens (including phenoxy) is 1. The van der Waals surface area contributed by atoms with Gasteiger partial charge in [0.15, 0.2) is 0 Å². The lowest BCUT2D eigenvalue weighted by Gasteiger charge is -2.10. The number of rotatable bonds is 7. The average molecular weight is 394 g/mol. The number of nitrogens with one attached hydrogen (secondary N) is 2. The summed E-state index contributed by atoms with van der Waals surface area (Å²) in [4.78, 5) is 24.0. The van der Waals surface area contributed by atoms with Gasteiger partial charge < -0.3 is 19.9 Å². The molecule has 2 aromatic rings. The number of aryl methyl sites for hydroxylation is 1. The van der Waals surface area contributed by atoms with Crippen LogP contribution in [0, 0.1) is 25.2 Å². The van der Waals surface area contributed by atoms with E-state index in [-0.39, 0.29) is 24.1 Å². The number of carbonyl (C=O) groups excluding carboxylic acids is 2. The summed E-state index contributed by atoms with van der Waals surface area (Å²) in [5.74, 6) is -0.120. The molecule has 0 atom stereocenters. The topological polar surface area (TPSA) is 96.2 Å². The fraction of sp³-hybridized carbons (Fsp3) is 0.318. The van der Waals surface area contributed by atoms with E-state index < -0.39 is 5.91 Å². The standard InChI is InChI=1S/C22H26N4O3/c1-14(2)25-21(27)13-24-22(28)18(12-23)11-17-10-15(3)26(16(17)4)19-6-8-20(29-5)9-7-19/h6-11,14H,13H2,1-5H3,(H,24,28)(H,25,27)/b18-11-. The molecule has 0 unspecified atom stereocenters. The highest BCUT2D eigenvalue weighted by Gasteiger charge is 2.15. The predicted octanol–water partition coefficient (Wildman–Crippen LogP) is 2.65. The fourth-order valence-electron chi connectivity index (χ4n) is 3.00. The molecule has 0 aliphatic heterocycles. The van der Waals surface area contributed by atoms with Gasteiger partial charge >= 0.3 is 0 Å². The van der Waals surface area contributed by atoms with E-state index in [1.54, 1.807) is 7.11 Å². The van der Waals surface area contributed by atoms with Crippen LogP contribution < -0.4 is 15.4 Å². The summed E-state index contributed by atoms with van der Waals surface area (Å²) in [6.45, 7) is 7.36. The Morgan fingerprint density at radius 2 is 1.90 bits per heavy atom. The maximum Gasteiger partial charge on any atom is 0.262 e. The van der Waals surface area contributed by atoms with Crippen molar-refractivity contribution in [1.82, 2.24) is 15.2 Å². The average Bonchev–Trinajstić information content (AvgIpc) is 2.96. The molecular formula is C22H26N4O3. The number of amides is 2. The van der Waals surface area contributed by atoms with Gasteiger partial charge in [0, 0.05) is 23.1 Å². The molecule has 0 bridgehead atoms. The van der Waals surface area contributed by atoms with Gasteiger partial charge in [-0.05, 0) is 69.7 Å². The van der Waals surface area contributed by atoms with E-state index in [0.29, 0.717) is 0 Å². The molecule has 0 saturated carbocycles. The minimum absolute atomic E-state index is 0.0197. The largest absolute Gasteiger partial charge is 0.497 e. The SMILES string of the molecule is COc1ccc(-n2c(C)cc(/C=C(/C#N)C(=O)NCC(=O)NC(C)C)c2C)cc1. The van der Waals surface area contributed by atoms with Gasteiger partial charge in [-0.3, -0.25) is 9.59 Å². The van der Waals surface area contributed by atoms with Crippen LogP contribution in [0.5, 0.6) is 5.75 Å². The number of carbonyl (C=O) groups is 2. The van der Waals surface area contributed by atoms with Crippen molar-refractivity contribution in [2.45, 2.75) is 33.7 Å². The number of hydrogen-bond acceptors (Lipinski definition) is 4. The van der Waals surface area contributed by atoms with Crippen LogP contribution in [0.15, 0.2) is 35.9 Å². The third-order valence-electron chi connectivity index (χ3n) is 4.32. The second-order valence-corrected chi connectivity index (χ2v) is 6.93. The molecule has 7 nitrogen and oxygen atoms in total. The summed E-state index contributed by atoms with van der Waals surface area (Å²) < 4.78 is 7.23. The van der Waals surface area contributed by atoms with Gasteiger partial charge in [0.2, 0.25) is 5.91 Å². The highest BCUT2D eigenvalue weighted by atomic mass is 16.5. The third kappa shape index (κ3) is 5.48. The Morgan fingerprint density at radius 3 is 2.45 bits per heavy atom. The van der Waals surface area contributed by atoms with Crippen molar-refractivity contribution in [3.8, 4) is 17.5 Å². The number of hydrogen-bond donors (Lipinski definition) is 2. The maximum absolute atomic E-state index is 12.3. The lowest BCUT2D eigenvalue weighted by Crippen LogP contribution is -2.40. The summed E-state index contributed by atoms with van der Waals surface area (Å²) in [6, 6.07) is 11.4. The van der Waals surface area contributed by atoms with Crippen LogP contribution in [0.2, 0.25) is 0 Å². The second kappa shape index (κ2) is 9.60. The Labute approximate surface area is 171 Å². The van der Waals surface area contributed by atoms with Gasteiger partial charge in [-0.1, -0.05) is 0 Å². The Bertz CT molecular complexity index is 963. The summed E-state index contributed by atoms with van der Waals surface area (Å²) in [5.41, 5.74) is 3.52. The first kappa shape index (κ1) is 21.8. The monoisotopic (exact) mass is 394 g/mol. The highest BCUT2D eigenvalue weighted by Crippen LogP contribution is 2.24. The van der Waals surface area contributed by atoms with E-state index in [2.05, 4.69) is 10.6 Å². The first-order chi connectivity index (χ1) is 13.8. The molecule has 2 N–H and O–H groups in total. The second-order valence-electron chi connectivity index (χ2n) is 6.93. The quantitative estimate of drug-likeness (QED) is 0.557. The number of nitrogens with zero attached hydrogens (tertiary/aromatic N) is 2. The van der Waals surface area contributed by atoms with E-state index in [4.69, 9.17) is 4.74 Å². The van der Waals surface area contributed by atoms with Gasteiger partial charge in [0.05, 0.1) is 13.7 Å². The molecule has 0 spiro atoms. The van der Waals surface area contributed by atoms with E-state index in [1.807, 2.05) is 68.7 Å². The molecule has 2 amide bonds. The number of aromatic nitrogens is 1. The Kier molecular flexibility index (Phi) is 7.21. The smallest absolute Gasteiger partial charge is 0.262 e. The van der Waals surface area contributed by atoms with Gasteiger partial charge in [0.1, 0.15) is 17.4 Å². The molecule has 7 heteroatoms. The molecule has 1 aromatic carbocycles. The minimum atomic E-state index is -0.583. The molecule has 29 heavy (non-hydrogen) atoms. The lowest BCUT2D eigenvalue weighted by atomic mass is 10.1. The predicted molar refractivity (Wildman–Crippen MR) is 112 cm³/mol. The summed E-state index contributed by atoms with van der Waals surface area (Å²) in [6.07, 6.45) is 1.54. The van der Waals surface area contributed by atoms with Gasteiger partial charge in [0.25, 0.3) is 5.91 Å². The van der Waals surface area contributed by atoms with E-state index >= 15 is 0 Å². The number of benzene rings is 1. The minimum Gasteiger partial charge on any atom is -0.497 e. The van der Waals surface area contributed by atoms with Crippen molar-refractivity contribution in [3.63, 3.8) is 0 Å². The van der Waals surface area contributed by atoms with Crippen LogP contribution in [0.1, 0.15) is 30.8 Å². The van der Waals surface area contributed by atoms with Gasteiger partial charge in [-0.25, -0.2) is 0 Å². The molecule has 0 fully saturated rings. The summed E-state index contributed by atoms with van der Waals surface area (Å²) >= 11 is 0. The zero-order chi connectivity index (χ0) is 21.6. The van der Waals surface area contributed by atoms with Crippen LogP contribution >= 0.6 is 0 Å². The van der Waals surface area contributed by atoms with E-state index in [1.165, 1.54) is 6.08 Å². The molecule has 1 aromatic heterocycles. The molecule has 0 aliphatic rings. The Hall–Kier alpha value is -3.53. The normalized spacial score (nSPS) is 11.1. The summed E-state index contributed by atoms with van der Waals surface area (Å²) in [5, 5.41) is 14.6. The van der Waals surface area contributed by atoms with Crippen LogP contribution in [-0.2, 0) is 9.59 Å². The van der Waals surface area contributed by atoms with E-state index in [9.17, 15) is 14.9 Å². The van der Waals surface area contributed by atoms with Crippen LogP contribution in [0.4, 0.5) is 0 Å². The van der Waals surface area contributed by atoms with Crippen molar-refractivity contribution in [2.24, 2.45) is 0 Å². The van der Waals surface area contributed by atoms with Crippen molar-refractivity contribution < 1.29 is 14.3 Å². The van der Waals surface area contributed by atoms with Crippen molar-refractivity contribution in [1.29, 1.82) is 5.26 Å². The van der Waals surface area contributed by atoms with Crippen LogP contribution in [0.25, 0.3) is 11.8 Å². The number of nitriles is 1. The van der Waals surface area contributed by atoms with E-state index in [0.717, 1.165) is 28.4 Å². The van der Waals surface area contributed by atoms with Crippen molar-refractivity contribution in [2.75, 3.05) is 13.7 Å². The third-order valence-corrected chi connectivity index (χ3v) is 4.32.